The van der Waals surface area contributed by atoms with Crippen LogP contribution in [0.1, 0.15) is 17.5 Å². The molecule has 1 saturated heterocycles. The van der Waals surface area contributed by atoms with Crippen molar-refractivity contribution in [3.05, 3.63) is 29.3 Å². The van der Waals surface area contributed by atoms with Gasteiger partial charge in [-0.05, 0) is 42.5 Å². The molecule has 1 aromatic rings. The van der Waals surface area contributed by atoms with Gasteiger partial charge in [0.25, 0.3) is 0 Å². The van der Waals surface area contributed by atoms with Gasteiger partial charge in [0, 0.05) is 18.1 Å². The highest BCUT2D eigenvalue weighted by molar-refractivity contribution is 7.99. The molecule has 2 aliphatic rings. The number of fused-ring (bicyclic) bond motifs is 1. The minimum absolute atomic E-state index is 0.516. The maximum absolute atomic E-state index is 5.89. The maximum atomic E-state index is 5.89. The Hall–Kier alpha value is -0.670. The molecule has 1 aromatic carbocycles. The number of ether oxygens (including phenoxy) is 1. The first kappa shape index (κ1) is 11.4. The van der Waals surface area contributed by atoms with Crippen LogP contribution >= 0.6 is 11.8 Å². The van der Waals surface area contributed by atoms with Gasteiger partial charge in [0.15, 0.2) is 0 Å². The lowest BCUT2D eigenvalue weighted by Crippen LogP contribution is -2.41. The van der Waals surface area contributed by atoms with Crippen molar-refractivity contribution in [2.24, 2.45) is 0 Å². The van der Waals surface area contributed by atoms with E-state index in [9.17, 15) is 0 Å². The Balaban J connectivity index is 1.57. The maximum Gasteiger partial charge on any atom is 0.119 e. The Bertz CT molecular complexity index is 388. The Morgan fingerprint density at radius 3 is 3.12 bits per heavy atom. The summed E-state index contributed by atoms with van der Waals surface area (Å²) in [6.07, 6.45) is 3.78. The van der Waals surface area contributed by atoms with Gasteiger partial charge in [0.1, 0.15) is 12.4 Å². The molecule has 0 spiro atoms. The largest absolute Gasteiger partial charge is 0.492 e. The summed E-state index contributed by atoms with van der Waals surface area (Å²) in [5, 5.41) is 3.50. The zero-order chi connectivity index (χ0) is 11.5. The van der Waals surface area contributed by atoms with Gasteiger partial charge < -0.3 is 10.1 Å². The average molecular weight is 249 g/mol. The Morgan fingerprint density at radius 2 is 2.24 bits per heavy atom. The third-order valence-electron chi connectivity index (χ3n) is 3.52. The summed E-state index contributed by atoms with van der Waals surface area (Å²) in [5.74, 6) is 3.45. The lowest BCUT2D eigenvalue weighted by molar-refractivity contribution is 0.275. The highest BCUT2D eigenvalue weighted by Gasteiger charge is 2.15. The standard InChI is InChI=1S/C14H19NOS/c1-2-11-4-5-14(8-12(11)3-1)16-9-13-10-17-7-6-15-13/h4-5,8,13,15H,1-3,6-7,9-10H2. The van der Waals surface area contributed by atoms with Gasteiger partial charge in [-0.1, -0.05) is 6.07 Å². The summed E-state index contributed by atoms with van der Waals surface area (Å²) in [7, 11) is 0. The minimum atomic E-state index is 0.516. The molecule has 0 radical (unpaired) electrons. The highest BCUT2D eigenvalue weighted by Crippen LogP contribution is 2.26. The van der Waals surface area contributed by atoms with Gasteiger partial charge in [-0.2, -0.15) is 11.8 Å². The summed E-state index contributed by atoms with van der Waals surface area (Å²) in [4.78, 5) is 0. The smallest absolute Gasteiger partial charge is 0.119 e. The van der Waals surface area contributed by atoms with E-state index in [1.165, 1.54) is 41.9 Å². The summed E-state index contributed by atoms with van der Waals surface area (Å²) in [5.41, 5.74) is 3.01. The molecular formula is C14H19NOS. The van der Waals surface area contributed by atoms with Crippen LogP contribution in [0.25, 0.3) is 0 Å². The van der Waals surface area contributed by atoms with Gasteiger partial charge in [-0.25, -0.2) is 0 Å². The molecule has 0 amide bonds. The molecule has 1 aliphatic heterocycles. The van der Waals surface area contributed by atoms with Crippen molar-refractivity contribution in [3.8, 4) is 5.75 Å². The van der Waals surface area contributed by atoms with Gasteiger partial charge in [0.05, 0.1) is 6.04 Å². The molecule has 0 bridgehead atoms. The van der Waals surface area contributed by atoms with E-state index in [-0.39, 0.29) is 0 Å². The van der Waals surface area contributed by atoms with E-state index in [2.05, 4.69) is 23.5 Å². The third kappa shape index (κ3) is 2.78. The molecule has 1 N–H and O–H groups in total. The molecule has 17 heavy (non-hydrogen) atoms. The average Bonchev–Trinajstić information content (AvgIpc) is 2.85. The van der Waals surface area contributed by atoms with Crippen molar-refractivity contribution in [3.63, 3.8) is 0 Å². The van der Waals surface area contributed by atoms with Crippen molar-refractivity contribution >= 4 is 11.8 Å². The Labute approximate surface area is 107 Å². The van der Waals surface area contributed by atoms with Crippen LogP contribution in [-0.4, -0.2) is 30.7 Å². The lowest BCUT2D eigenvalue weighted by atomic mass is 10.1. The molecule has 2 nitrogen and oxygen atoms in total. The molecule has 1 heterocycles. The summed E-state index contributed by atoms with van der Waals surface area (Å²) >= 11 is 2.02. The molecule has 1 fully saturated rings. The van der Waals surface area contributed by atoms with E-state index >= 15 is 0 Å². The summed E-state index contributed by atoms with van der Waals surface area (Å²) in [6.45, 7) is 1.91. The monoisotopic (exact) mass is 249 g/mol. The van der Waals surface area contributed by atoms with Crippen LogP contribution in [0.5, 0.6) is 5.75 Å². The van der Waals surface area contributed by atoms with Crippen molar-refractivity contribution in [2.45, 2.75) is 25.3 Å². The highest BCUT2D eigenvalue weighted by atomic mass is 32.2. The number of aryl methyl sites for hydroxylation is 2. The normalized spacial score (nSPS) is 23.4. The van der Waals surface area contributed by atoms with Gasteiger partial charge in [0.2, 0.25) is 0 Å². The molecule has 3 heteroatoms. The first-order valence-corrected chi connectivity index (χ1v) is 7.63. The first-order chi connectivity index (χ1) is 8.42. The number of hydrogen-bond donors (Lipinski definition) is 1. The van der Waals surface area contributed by atoms with E-state index in [4.69, 9.17) is 4.74 Å². The van der Waals surface area contributed by atoms with E-state index < -0.39 is 0 Å². The van der Waals surface area contributed by atoms with Crippen molar-refractivity contribution in [2.75, 3.05) is 24.7 Å². The second kappa shape index (κ2) is 5.32. The predicted octanol–water partition coefficient (Wildman–Crippen LogP) is 2.26. The molecule has 0 aromatic heterocycles. The fourth-order valence-corrected chi connectivity index (χ4v) is 3.49. The minimum Gasteiger partial charge on any atom is -0.492 e. The van der Waals surface area contributed by atoms with Crippen LogP contribution in [0.15, 0.2) is 18.2 Å². The van der Waals surface area contributed by atoms with E-state index in [1.54, 1.807) is 0 Å². The van der Waals surface area contributed by atoms with Crippen LogP contribution < -0.4 is 10.1 Å². The summed E-state index contributed by atoms with van der Waals surface area (Å²) < 4.78 is 5.89. The predicted molar refractivity (Wildman–Crippen MR) is 73.1 cm³/mol. The van der Waals surface area contributed by atoms with E-state index in [1.807, 2.05) is 11.8 Å². The van der Waals surface area contributed by atoms with Crippen LogP contribution in [-0.2, 0) is 12.8 Å². The van der Waals surface area contributed by atoms with Crippen LogP contribution in [0.2, 0.25) is 0 Å². The van der Waals surface area contributed by atoms with Crippen molar-refractivity contribution < 1.29 is 4.74 Å². The van der Waals surface area contributed by atoms with Gasteiger partial charge in [-0.15, -0.1) is 0 Å². The van der Waals surface area contributed by atoms with Crippen LogP contribution in [0, 0.1) is 0 Å². The number of thioether (sulfide) groups is 1. The molecule has 3 rings (SSSR count). The second-order valence-electron chi connectivity index (χ2n) is 4.82. The van der Waals surface area contributed by atoms with Crippen LogP contribution in [0.4, 0.5) is 0 Å². The zero-order valence-corrected chi connectivity index (χ0v) is 10.9. The Morgan fingerprint density at radius 1 is 1.29 bits per heavy atom. The number of hydrogen-bond acceptors (Lipinski definition) is 3. The third-order valence-corrected chi connectivity index (χ3v) is 4.65. The van der Waals surface area contributed by atoms with E-state index in [0.29, 0.717) is 6.04 Å². The quantitative estimate of drug-likeness (QED) is 0.888. The topological polar surface area (TPSA) is 21.3 Å². The first-order valence-electron chi connectivity index (χ1n) is 6.47. The van der Waals surface area contributed by atoms with Crippen molar-refractivity contribution in [1.29, 1.82) is 0 Å². The molecule has 92 valence electrons. The van der Waals surface area contributed by atoms with Gasteiger partial charge >= 0.3 is 0 Å². The van der Waals surface area contributed by atoms with Crippen LogP contribution in [0.3, 0.4) is 0 Å². The SMILES string of the molecule is c1cc2c(cc1OCC1CSCCN1)CCC2. The fraction of sp³-hybridized carbons (Fsp3) is 0.571. The fourth-order valence-electron chi connectivity index (χ4n) is 2.56. The van der Waals surface area contributed by atoms with Gasteiger partial charge in [-0.3, -0.25) is 0 Å². The Kier molecular flexibility index (Phi) is 3.57. The second-order valence-corrected chi connectivity index (χ2v) is 5.97. The number of benzene rings is 1. The molecule has 1 aliphatic carbocycles. The molecular weight excluding hydrogens is 230 g/mol. The number of rotatable bonds is 3. The summed E-state index contributed by atoms with van der Waals surface area (Å²) in [6, 6.07) is 7.11. The lowest BCUT2D eigenvalue weighted by Gasteiger charge is -2.23. The molecule has 0 saturated carbocycles. The van der Waals surface area contributed by atoms with E-state index in [0.717, 1.165) is 18.9 Å². The number of nitrogens with one attached hydrogen (secondary N) is 1. The van der Waals surface area contributed by atoms with Crippen molar-refractivity contribution in [1.82, 2.24) is 5.32 Å². The zero-order valence-electron chi connectivity index (χ0n) is 10.1. The molecule has 1 unspecified atom stereocenters. The molecule has 1 atom stereocenters.